The molecule has 21 heavy (non-hydrogen) atoms. The van der Waals surface area contributed by atoms with Gasteiger partial charge in [-0.1, -0.05) is 6.07 Å². The summed E-state index contributed by atoms with van der Waals surface area (Å²) in [5, 5.41) is 11.0. The maximum absolute atomic E-state index is 12.6. The van der Waals surface area contributed by atoms with Gasteiger partial charge in [0.15, 0.2) is 0 Å². The fourth-order valence-electron chi connectivity index (χ4n) is 2.10. The highest BCUT2D eigenvalue weighted by Crippen LogP contribution is 2.25. The Morgan fingerprint density at radius 2 is 2.19 bits per heavy atom. The van der Waals surface area contributed by atoms with Crippen LogP contribution in [0.3, 0.4) is 0 Å². The van der Waals surface area contributed by atoms with E-state index >= 15 is 0 Å². The Bertz CT molecular complexity index is 689. The predicted molar refractivity (Wildman–Crippen MR) is 81.8 cm³/mol. The van der Waals surface area contributed by atoms with Gasteiger partial charge in [0.25, 0.3) is 0 Å². The first kappa shape index (κ1) is 16.2. The number of rotatable bonds is 6. The second-order valence-corrected chi connectivity index (χ2v) is 7.94. The van der Waals surface area contributed by atoms with Gasteiger partial charge in [0, 0.05) is 24.0 Å². The zero-order valence-corrected chi connectivity index (χ0v) is 13.9. The number of aryl methyl sites for hydroxylation is 1. The number of sulfonamides is 1. The molecule has 0 bridgehead atoms. The highest BCUT2D eigenvalue weighted by Gasteiger charge is 2.29. The zero-order valence-electron chi connectivity index (χ0n) is 12.2. The normalized spacial score (nSPS) is 13.8. The summed E-state index contributed by atoms with van der Waals surface area (Å²) in [5.74, 6) is 0.555. The van der Waals surface area contributed by atoms with Crippen molar-refractivity contribution in [2.75, 3.05) is 7.05 Å². The zero-order chi connectivity index (χ0) is 15.6. The van der Waals surface area contributed by atoms with E-state index in [1.54, 1.807) is 25.3 Å². The minimum Gasteiger partial charge on any atom is -0.462 e. The molecular formula is C14H19NO4S2. The van der Waals surface area contributed by atoms with Crippen LogP contribution >= 0.6 is 11.3 Å². The fraction of sp³-hybridized carbons (Fsp3) is 0.429. The van der Waals surface area contributed by atoms with E-state index in [2.05, 4.69) is 0 Å². The first-order chi connectivity index (χ1) is 9.86. The molecule has 2 aromatic heterocycles. The van der Waals surface area contributed by atoms with Crippen LogP contribution in [0.2, 0.25) is 0 Å². The average Bonchev–Trinajstić information content (AvgIpc) is 3.07. The molecule has 0 aliphatic carbocycles. The van der Waals surface area contributed by atoms with Gasteiger partial charge in [0.1, 0.15) is 23.0 Å². The van der Waals surface area contributed by atoms with Crippen LogP contribution in [0, 0.1) is 6.92 Å². The molecule has 0 amide bonds. The molecule has 0 fully saturated rings. The maximum atomic E-state index is 12.6. The fourth-order valence-corrected chi connectivity index (χ4v) is 4.47. The summed E-state index contributed by atoms with van der Waals surface area (Å²) in [7, 11) is -2.06. The van der Waals surface area contributed by atoms with Crippen molar-refractivity contribution < 1.29 is 17.9 Å². The van der Waals surface area contributed by atoms with Gasteiger partial charge in [-0.25, -0.2) is 8.42 Å². The number of furan rings is 1. The van der Waals surface area contributed by atoms with Crippen LogP contribution in [0.5, 0.6) is 0 Å². The minimum atomic E-state index is -3.63. The summed E-state index contributed by atoms with van der Waals surface area (Å²) in [6.45, 7) is 3.15. The number of likely N-dealkylation sites (N-methyl/N-ethyl adjacent to an activating group) is 1. The van der Waals surface area contributed by atoms with E-state index in [9.17, 15) is 8.42 Å². The van der Waals surface area contributed by atoms with Crippen LogP contribution in [0.25, 0.3) is 0 Å². The second kappa shape index (κ2) is 6.31. The van der Waals surface area contributed by atoms with Crippen molar-refractivity contribution in [3.8, 4) is 0 Å². The highest BCUT2D eigenvalue weighted by molar-refractivity contribution is 7.89. The monoisotopic (exact) mass is 329 g/mol. The van der Waals surface area contributed by atoms with Crippen molar-refractivity contribution in [3.05, 3.63) is 40.0 Å². The third-order valence-electron chi connectivity index (χ3n) is 3.43. The van der Waals surface area contributed by atoms with E-state index in [0.29, 0.717) is 12.2 Å². The lowest BCUT2D eigenvalue weighted by atomic mass is 10.2. The Morgan fingerprint density at radius 3 is 2.71 bits per heavy atom. The molecule has 1 unspecified atom stereocenters. The molecule has 7 heteroatoms. The number of thiophene rings is 1. The van der Waals surface area contributed by atoms with Gasteiger partial charge in [-0.2, -0.15) is 4.31 Å². The number of aliphatic hydroxyl groups is 1. The first-order valence-corrected chi connectivity index (χ1v) is 8.88. The van der Waals surface area contributed by atoms with Crippen molar-refractivity contribution >= 4 is 21.4 Å². The molecule has 5 nitrogen and oxygen atoms in total. The Hall–Kier alpha value is -1.15. The van der Waals surface area contributed by atoms with Crippen LogP contribution in [0.15, 0.2) is 32.9 Å². The quantitative estimate of drug-likeness (QED) is 0.883. The molecule has 1 N–H and O–H groups in total. The largest absolute Gasteiger partial charge is 0.462 e. The number of aliphatic hydroxyl groups excluding tert-OH is 1. The average molecular weight is 329 g/mol. The lowest BCUT2D eigenvalue weighted by Crippen LogP contribution is -2.36. The van der Waals surface area contributed by atoms with Crippen LogP contribution < -0.4 is 0 Å². The highest BCUT2D eigenvalue weighted by atomic mass is 32.2. The molecular weight excluding hydrogens is 310 g/mol. The van der Waals surface area contributed by atoms with Gasteiger partial charge < -0.3 is 9.52 Å². The molecule has 0 saturated heterocycles. The van der Waals surface area contributed by atoms with E-state index < -0.39 is 10.0 Å². The molecule has 1 atom stereocenters. The molecule has 116 valence electrons. The molecule has 0 aliphatic heterocycles. The van der Waals surface area contributed by atoms with Crippen molar-refractivity contribution in [3.63, 3.8) is 0 Å². The van der Waals surface area contributed by atoms with Crippen molar-refractivity contribution in [2.24, 2.45) is 0 Å². The molecule has 0 saturated carbocycles. The van der Waals surface area contributed by atoms with Gasteiger partial charge in [-0.05, 0) is 31.7 Å². The van der Waals surface area contributed by atoms with Gasteiger partial charge in [0.2, 0.25) is 10.0 Å². The van der Waals surface area contributed by atoms with Gasteiger partial charge in [-0.3, -0.25) is 0 Å². The maximum Gasteiger partial charge on any atom is 0.246 e. The Labute approximate surface area is 128 Å². The van der Waals surface area contributed by atoms with Crippen molar-refractivity contribution in [2.45, 2.75) is 37.8 Å². The molecule has 0 spiro atoms. The summed E-state index contributed by atoms with van der Waals surface area (Å²) in [6, 6.07) is 5.17. The van der Waals surface area contributed by atoms with Gasteiger partial charge in [0.05, 0.1) is 0 Å². The second-order valence-electron chi connectivity index (χ2n) is 4.95. The van der Waals surface area contributed by atoms with Crippen molar-refractivity contribution in [1.29, 1.82) is 0 Å². The predicted octanol–water partition coefficient (Wildman–Crippen LogP) is 2.39. The third-order valence-corrected chi connectivity index (χ3v) is 6.41. The summed E-state index contributed by atoms with van der Waals surface area (Å²) < 4.78 is 31.9. The SMILES string of the molecule is Cc1oc(CO)cc1S(=O)(=O)N(C)C(C)Cc1cccs1. The molecule has 2 heterocycles. The van der Waals surface area contributed by atoms with Crippen LogP contribution in [0.1, 0.15) is 23.3 Å². The lowest BCUT2D eigenvalue weighted by Gasteiger charge is -2.23. The smallest absolute Gasteiger partial charge is 0.246 e. The van der Waals surface area contributed by atoms with Crippen LogP contribution in [-0.2, 0) is 23.1 Å². The van der Waals surface area contributed by atoms with Crippen molar-refractivity contribution in [1.82, 2.24) is 4.31 Å². The molecule has 0 aromatic carbocycles. The summed E-state index contributed by atoms with van der Waals surface area (Å²) in [4.78, 5) is 1.26. The van der Waals surface area contributed by atoms with E-state index in [4.69, 9.17) is 9.52 Å². The minimum absolute atomic E-state index is 0.118. The number of hydrogen-bond donors (Lipinski definition) is 1. The van der Waals surface area contributed by atoms with Crippen LogP contribution in [0.4, 0.5) is 0 Å². The lowest BCUT2D eigenvalue weighted by molar-refractivity contribution is 0.244. The van der Waals surface area contributed by atoms with Gasteiger partial charge in [-0.15, -0.1) is 11.3 Å². The molecule has 0 aliphatic rings. The Kier molecular flexibility index (Phi) is 4.88. The summed E-state index contributed by atoms with van der Waals surface area (Å²) in [6.07, 6.45) is 0.664. The van der Waals surface area contributed by atoms with E-state index in [0.717, 1.165) is 4.88 Å². The molecule has 0 radical (unpaired) electrons. The number of nitrogens with zero attached hydrogens (tertiary/aromatic N) is 1. The van der Waals surface area contributed by atoms with Gasteiger partial charge >= 0.3 is 0 Å². The standard InChI is InChI=1S/C14H19NO4S2/c1-10(7-13-5-4-6-20-13)15(3)21(17,18)14-8-12(9-16)19-11(14)2/h4-6,8,10,16H,7,9H2,1-3H3. The van der Waals surface area contributed by atoms with E-state index in [-0.39, 0.29) is 23.3 Å². The van der Waals surface area contributed by atoms with E-state index in [1.165, 1.54) is 10.4 Å². The van der Waals surface area contributed by atoms with E-state index in [1.807, 2.05) is 24.4 Å². The molecule has 2 aromatic rings. The van der Waals surface area contributed by atoms with Crippen LogP contribution in [-0.4, -0.2) is 30.9 Å². The summed E-state index contributed by atoms with van der Waals surface area (Å²) >= 11 is 1.61. The Balaban J connectivity index is 2.23. The molecule has 2 rings (SSSR count). The first-order valence-electron chi connectivity index (χ1n) is 6.57. The Morgan fingerprint density at radius 1 is 1.48 bits per heavy atom. The third kappa shape index (κ3) is 3.37. The topological polar surface area (TPSA) is 70.8 Å². The number of hydrogen-bond acceptors (Lipinski definition) is 5. The summed E-state index contributed by atoms with van der Waals surface area (Å²) in [5.41, 5.74) is 0.